The Bertz CT molecular complexity index is 924. The highest BCUT2D eigenvalue weighted by atomic mass is 32.2. The minimum absolute atomic E-state index is 0.179. The van der Waals surface area contributed by atoms with Crippen LogP contribution in [-0.4, -0.2) is 29.9 Å². The van der Waals surface area contributed by atoms with Gasteiger partial charge in [0.1, 0.15) is 17.9 Å². The number of methoxy groups -OCH3 is 1. The van der Waals surface area contributed by atoms with Crippen molar-refractivity contribution in [3.8, 4) is 5.75 Å². The van der Waals surface area contributed by atoms with Crippen molar-refractivity contribution in [1.82, 2.24) is 4.98 Å². The topological polar surface area (TPSA) is 73.6 Å². The van der Waals surface area contributed by atoms with Crippen molar-refractivity contribution in [3.05, 3.63) is 48.4 Å². The second-order valence-corrected chi connectivity index (χ2v) is 6.64. The molecule has 0 radical (unpaired) electrons. The second kappa shape index (κ2) is 6.78. The Balaban J connectivity index is 1.48. The number of oxazole rings is 1. The number of thioether (sulfide) groups is 1. The van der Waals surface area contributed by atoms with Gasteiger partial charge in [0, 0.05) is 23.4 Å². The van der Waals surface area contributed by atoms with Crippen LogP contribution in [0.2, 0.25) is 0 Å². The van der Waals surface area contributed by atoms with Crippen LogP contribution in [0.5, 0.6) is 5.75 Å². The Morgan fingerprint density at radius 1 is 1.36 bits per heavy atom. The third kappa shape index (κ3) is 3.33. The molecule has 1 amide bonds. The van der Waals surface area contributed by atoms with Gasteiger partial charge in [-0.2, -0.15) is 0 Å². The highest BCUT2D eigenvalue weighted by molar-refractivity contribution is 7.99. The molecule has 1 atom stereocenters. The maximum atomic E-state index is 12.5. The van der Waals surface area contributed by atoms with E-state index in [0.717, 1.165) is 10.6 Å². The Kier molecular flexibility index (Phi) is 4.33. The van der Waals surface area contributed by atoms with E-state index in [1.807, 2.05) is 24.3 Å². The summed E-state index contributed by atoms with van der Waals surface area (Å²) in [5, 5.41) is 2.89. The molecule has 1 aromatic heterocycles. The zero-order chi connectivity index (χ0) is 17.2. The lowest BCUT2D eigenvalue weighted by atomic mass is 10.2. The molecule has 0 saturated heterocycles. The molecule has 6 nitrogen and oxygen atoms in total. The largest absolute Gasteiger partial charge is 0.479 e. The van der Waals surface area contributed by atoms with Crippen LogP contribution >= 0.6 is 11.8 Å². The number of hydrogen-bond acceptors (Lipinski definition) is 6. The number of carbonyl (C=O) groups is 1. The molecule has 25 heavy (non-hydrogen) atoms. The van der Waals surface area contributed by atoms with E-state index in [0.29, 0.717) is 35.0 Å². The number of amides is 1. The Morgan fingerprint density at radius 2 is 2.24 bits per heavy atom. The van der Waals surface area contributed by atoms with Gasteiger partial charge in [-0.1, -0.05) is 12.1 Å². The quantitative estimate of drug-likeness (QED) is 0.772. The number of para-hydroxylation sites is 1. The summed E-state index contributed by atoms with van der Waals surface area (Å²) >= 11 is 1.62. The number of benzene rings is 2. The molecule has 2 heterocycles. The molecule has 128 valence electrons. The lowest BCUT2D eigenvalue weighted by Crippen LogP contribution is -2.36. The Morgan fingerprint density at radius 3 is 3.12 bits per heavy atom. The van der Waals surface area contributed by atoms with Gasteiger partial charge in [0.05, 0.1) is 0 Å². The van der Waals surface area contributed by atoms with E-state index in [-0.39, 0.29) is 5.91 Å². The van der Waals surface area contributed by atoms with Gasteiger partial charge in [-0.15, -0.1) is 11.8 Å². The first-order valence-corrected chi connectivity index (χ1v) is 8.79. The molecule has 7 heteroatoms. The standard InChI is InChI=1S/C18H16N2O4S/c1-22-9-17-20-12-8-11(6-7-13(12)24-17)19-18(21)15-10-25-16-5-3-2-4-14(16)23-15/h2-8,15H,9-10H2,1H3,(H,19,21). The van der Waals surface area contributed by atoms with E-state index in [1.54, 1.807) is 37.1 Å². The third-order valence-electron chi connectivity index (χ3n) is 3.77. The van der Waals surface area contributed by atoms with Crippen molar-refractivity contribution >= 4 is 34.5 Å². The minimum Gasteiger partial charge on any atom is -0.479 e. The summed E-state index contributed by atoms with van der Waals surface area (Å²) in [6.07, 6.45) is -0.531. The number of nitrogens with zero attached hydrogens (tertiary/aromatic N) is 1. The molecule has 2 aromatic carbocycles. The fourth-order valence-corrected chi connectivity index (χ4v) is 3.59. The summed E-state index contributed by atoms with van der Waals surface area (Å²) in [4.78, 5) is 17.9. The zero-order valence-corrected chi connectivity index (χ0v) is 14.3. The van der Waals surface area contributed by atoms with Crippen molar-refractivity contribution < 1.29 is 18.7 Å². The number of hydrogen-bond donors (Lipinski definition) is 1. The van der Waals surface area contributed by atoms with Crippen LogP contribution in [0.15, 0.2) is 51.8 Å². The van der Waals surface area contributed by atoms with E-state index in [9.17, 15) is 4.79 Å². The lowest BCUT2D eigenvalue weighted by Gasteiger charge is -2.24. The third-order valence-corrected chi connectivity index (χ3v) is 4.89. The molecule has 0 bridgehead atoms. The highest BCUT2D eigenvalue weighted by Crippen LogP contribution is 2.35. The number of anilines is 1. The summed E-state index contributed by atoms with van der Waals surface area (Å²) in [6, 6.07) is 13.1. The zero-order valence-electron chi connectivity index (χ0n) is 13.5. The van der Waals surface area contributed by atoms with Crippen LogP contribution in [0.3, 0.4) is 0 Å². The average molecular weight is 356 g/mol. The molecule has 1 aliphatic heterocycles. The monoisotopic (exact) mass is 356 g/mol. The van der Waals surface area contributed by atoms with Crippen LogP contribution in [0.25, 0.3) is 11.1 Å². The number of aromatic nitrogens is 1. The molecule has 0 spiro atoms. The van der Waals surface area contributed by atoms with Gasteiger partial charge in [-0.05, 0) is 30.3 Å². The molecular weight excluding hydrogens is 340 g/mol. The molecule has 1 N–H and O–H groups in total. The van der Waals surface area contributed by atoms with Gasteiger partial charge in [0.15, 0.2) is 11.7 Å². The average Bonchev–Trinajstić information content (AvgIpc) is 3.03. The number of nitrogens with one attached hydrogen (secondary N) is 1. The van der Waals surface area contributed by atoms with E-state index in [2.05, 4.69) is 10.3 Å². The first kappa shape index (κ1) is 16.0. The van der Waals surface area contributed by atoms with Gasteiger partial charge in [-0.3, -0.25) is 4.79 Å². The first-order chi connectivity index (χ1) is 12.2. The van der Waals surface area contributed by atoms with Crippen LogP contribution in [0.4, 0.5) is 5.69 Å². The number of rotatable bonds is 4. The van der Waals surface area contributed by atoms with Crippen LogP contribution in [-0.2, 0) is 16.1 Å². The molecular formula is C18H16N2O4S. The van der Waals surface area contributed by atoms with Gasteiger partial charge in [-0.25, -0.2) is 4.98 Å². The van der Waals surface area contributed by atoms with Gasteiger partial charge >= 0.3 is 0 Å². The fourth-order valence-electron chi connectivity index (χ4n) is 2.61. The number of fused-ring (bicyclic) bond motifs is 2. The number of carbonyl (C=O) groups excluding carboxylic acids is 1. The summed E-state index contributed by atoms with van der Waals surface area (Å²) in [5.41, 5.74) is 1.99. The molecule has 4 rings (SSSR count). The predicted molar refractivity (Wildman–Crippen MR) is 94.9 cm³/mol. The van der Waals surface area contributed by atoms with Crippen molar-refractivity contribution in [2.45, 2.75) is 17.6 Å². The SMILES string of the molecule is COCc1nc2cc(NC(=O)C3CSc4ccccc4O3)ccc2o1. The van der Waals surface area contributed by atoms with E-state index >= 15 is 0 Å². The van der Waals surface area contributed by atoms with Gasteiger partial charge < -0.3 is 19.2 Å². The predicted octanol–water partition coefficient (Wildman–Crippen LogP) is 3.47. The maximum Gasteiger partial charge on any atom is 0.266 e. The van der Waals surface area contributed by atoms with Gasteiger partial charge in [0.2, 0.25) is 5.89 Å². The summed E-state index contributed by atoms with van der Waals surface area (Å²) in [5.74, 6) is 1.65. The smallest absolute Gasteiger partial charge is 0.266 e. The normalized spacial score (nSPS) is 16.3. The van der Waals surface area contributed by atoms with E-state index < -0.39 is 6.10 Å². The van der Waals surface area contributed by atoms with Crippen molar-refractivity contribution in [1.29, 1.82) is 0 Å². The second-order valence-electron chi connectivity index (χ2n) is 5.58. The molecule has 1 aliphatic rings. The maximum absolute atomic E-state index is 12.5. The summed E-state index contributed by atoms with van der Waals surface area (Å²) in [6.45, 7) is 0.308. The molecule has 0 aliphatic carbocycles. The van der Waals surface area contributed by atoms with Crippen molar-refractivity contribution in [2.24, 2.45) is 0 Å². The highest BCUT2D eigenvalue weighted by Gasteiger charge is 2.26. The summed E-state index contributed by atoms with van der Waals surface area (Å²) < 4.78 is 16.4. The van der Waals surface area contributed by atoms with E-state index in [4.69, 9.17) is 13.9 Å². The van der Waals surface area contributed by atoms with Crippen molar-refractivity contribution in [3.63, 3.8) is 0 Å². The Labute approximate surface area is 148 Å². The molecule has 0 fully saturated rings. The van der Waals surface area contributed by atoms with Crippen molar-refractivity contribution in [2.75, 3.05) is 18.2 Å². The molecule has 0 saturated carbocycles. The fraction of sp³-hybridized carbons (Fsp3) is 0.222. The van der Waals surface area contributed by atoms with E-state index in [1.165, 1.54) is 0 Å². The van der Waals surface area contributed by atoms with Gasteiger partial charge in [0.25, 0.3) is 5.91 Å². The van der Waals surface area contributed by atoms with Crippen LogP contribution < -0.4 is 10.1 Å². The summed E-state index contributed by atoms with van der Waals surface area (Å²) in [7, 11) is 1.58. The molecule has 3 aromatic rings. The number of ether oxygens (including phenoxy) is 2. The first-order valence-electron chi connectivity index (χ1n) is 7.80. The van der Waals surface area contributed by atoms with Crippen LogP contribution in [0, 0.1) is 0 Å². The minimum atomic E-state index is -0.531. The van der Waals surface area contributed by atoms with Crippen LogP contribution in [0.1, 0.15) is 5.89 Å². The molecule has 1 unspecified atom stereocenters. The Hall–Kier alpha value is -2.51. The lowest BCUT2D eigenvalue weighted by molar-refractivity contribution is -0.122.